The van der Waals surface area contributed by atoms with E-state index in [-0.39, 0.29) is 5.82 Å². The number of rotatable bonds is 4. The lowest BCUT2D eigenvalue weighted by Crippen LogP contribution is -2.15. The second-order valence-corrected chi connectivity index (χ2v) is 5.62. The molecule has 0 aliphatic heterocycles. The number of hydrogen-bond acceptors (Lipinski definition) is 2. The zero-order valence-corrected chi connectivity index (χ0v) is 12.4. The van der Waals surface area contributed by atoms with Crippen molar-refractivity contribution in [3.05, 3.63) is 64.7 Å². The summed E-state index contributed by atoms with van der Waals surface area (Å²) in [6.07, 6.45) is 5.23. The van der Waals surface area contributed by atoms with E-state index >= 15 is 0 Å². The third-order valence-electron chi connectivity index (χ3n) is 4.23. The van der Waals surface area contributed by atoms with Crippen LogP contribution in [0.15, 0.2) is 36.5 Å². The topological polar surface area (TPSA) is 24.9 Å². The first-order valence-corrected chi connectivity index (χ1v) is 7.72. The average Bonchev–Trinajstić information content (AvgIpc) is 2.54. The Hall–Kier alpha value is -1.74. The van der Waals surface area contributed by atoms with Crippen molar-refractivity contribution in [3.63, 3.8) is 0 Å². The first kappa shape index (κ1) is 14.2. The van der Waals surface area contributed by atoms with Crippen LogP contribution in [-0.4, -0.2) is 11.5 Å². The highest BCUT2D eigenvalue weighted by atomic mass is 19.1. The van der Waals surface area contributed by atoms with Crippen LogP contribution in [0.2, 0.25) is 0 Å². The highest BCUT2D eigenvalue weighted by molar-refractivity contribution is 5.37. The zero-order chi connectivity index (χ0) is 14.7. The van der Waals surface area contributed by atoms with E-state index in [0.29, 0.717) is 12.5 Å². The summed E-state index contributed by atoms with van der Waals surface area (Å²) in [5, 5.41) is 3.20. The monoisotopic (exact) mass is 284 g/mol. The minimum atomic E-state index is -0.128. The van der Waals surface area contributed by atoms with Crippen LogP contribution in [0.25, 0.3) is 0 Å². The summed E-state index contributed by atoms with van der Waals surface area (Å²) in [6, 6.07) is 9.69. The molecule has 1 aliphatic rings. The van der Waals surface area contributed by atoms with Crippen LogP contribution < -0.4 is 5.32 Å². The first-order valence-electron chi connectivity index (χ1n) is 7.72. The first-order chi connectivity index (χ1) is 10.3. The Morgan fingerprint density at radius 1 is 1.33 bits per heavy atom. The van der Waals surface area contributed by atoms with Crippen molar-refractivity contribution in [2.75, 3.05) is 6.54 Å². The number of aromatic nitrogens is 1. The van der Waals surface area contributed by atoms with Crippen molar-refractivity contribution in [2.24, 2.45) is 0 Å². The predicted molar refractivity (Wildman–Crippen MR) is 82.8 cm³/mol. The van der Waals surface area contributed by atoms with E-state index in [0.717, 1.165) is 24.9 Å². The number of halogens is 1. The van der Waals surface area contributed by atoms with Gasteiger partial charge in [-0.1, -0.05) is 25.1 Å². The Labute approximate surface area is 125 Å². The largest absolute Gasteiger partial charge is 0.313 e. The van der Waals surface area contributed by atoms with Gasteiger partial charge in [0.05, 0.1) is 5.69 Å². The van der Waals surface area contributed by atoms with Crippen LogP contribution in [0.1, 0.15) is 48.1 Å². The number of nitrogens with one attached hydrogen (secondary N) is 1. The van der Waals surface area contributed by atoms with Gasteiger partial charge in [0.1, 0.15) is 5.82 Å². The summed E-state index contributed by atoms with van der Waals surface area (Å²) in [5.41, 5.74) is 4.44. The number of aryl methyl sites for hydroxylation is 1. The molecule has 3 rings (SSSR count). The molecule has 0 amide bonds. The summed E-state index contributed by atoms with van der Waals surface area (Å²) < 4.78 is 13.9. The fraction of sp³-hybridized carbons (Fsp3) is 0.389. The average molecular weight is 284 g/mol. The molecule has 1 heterocycles. The number of fused-ring (bicyclic) bond motifs is 1. The van der Waals surface area contributed by atoms with Crippen molar-refractivity contribution >= 4 is 0 Å². The highest BCUT2D eigenvalue weighted by Crippen LogP contribution is 2.35. The molecule has 1 N–H and O–H groups in total. The molecule has 1 aromatic carbocycles. The van der Waals surface area contributed by atoms with Gasteiger partial charge in [-0.05, 0) is 49.1 Å². The lowest BCUT2D eigenvalue weighted by Gasteiger charge is -2.25. The van der Waals surface area contributed by atoms with Gasteiger partial charge in [0, 0.05) is 24.2 Å². The van der Waals surface area contributed by atoms with E-state index in [1.807, 2.05) is 31.3 Å². The molecule has 2 aromatic rings. The van der Waals surface area contributed by atoms with E-state index in [1.54, 1.807) is 6.07 Å². The number of benzene rings is 1. The lowest BCUT2D eigenvalue weighted by atomic mass is 9.82. The van der Waals surface area contributed by atoms with Gasteiger partial charge in [0.2, 0.25) is 0 Å². The van der Waals surface area contributed by atoms with Crippen molar-refractivity contribution in [2.45, 2.75) is 38.6 Å². The quantitative estimate of drug-likeness (QED) is 0.923. The molecule has 2 nitrogen and oxygen atoms in total. The molecular formula is C18H21FN2. The molecule has 0 fully saturated rings. The standard InChI is InChI=1S/C18H21FN2/c1-2-20-12-15-11-14(8-9-17(15)19)16-7-3-5-13-6-4-10-21-18(13)16/h4,6,8-11,16,20H,2-3,5,7,12H2,1H3. The molecule has 1 aliphatic carbocycles. The molecule has 0 saturated carbocycles. The van der Waals surface area contributed by atoms with Gasteiger partial charge in [0.25, 0.3) is 0 Å². The Bertz CT molecular complexity index is 624. The smallest absolute Gasteiger partial charge is 0.127 e. The molecule has 1 aromatic heterocycles. The summed E-state index contributed by atoms with van der Waals surface area (Å²) >= 11 is 0. The summed E-state index contributed by atoms with van der Waals surface area (Å²) in [7, 11) is 0. The minimum absolute atomic E-state index is 0.128. The van der Waals surface area contributed by atoms with Crippen molar-refractivity contribution in [3.8, 4) is 0 Å². The molecule has 3 heteroatoms. The van der Waals surface area contributed by atoms with Crippen LogP contribution in [0.4, 0.5) is 4.39 Å². The van der Waals surface area contributed by atoms with Gasteiger partial charge in [-0.15, -0.1) is 0 Å². The Morgan fingerprint density at radius 3 is 3.10 bits per heavy atom. The second-order valence-electron chi connectivity index (χ2n) is 5.62. The normalized spacial score (nSPS) is 17.5. The fourth-order valence-electron chi connectivity index (χ4n) is 3.14. The van der Waals surface area contributed by atoms with Crippen molar-refractivity contribution < 1.29 is 4.39 Å². The molecule has 0 saturated heterocycles. The second kappa shape index (κ2) is 6.35. The summed E-state index contributed by atoms with van der Waals surface area (Å²) in [4.78, 5) is 4.58. The van der Waals surface area contributed by atoms with Crippen LogP contribution >= 0.6 is 0 Å². The zero-order valence-electron chi connectivity index (χ0n) is 12.4. The van der Waals surface area contributed by atoms with E-state index in [2.05, 4.69) is 16.4 Å². The summed E-state index contributed by atoms with van der Waals surface area (Å²) in [6.45, 7) is 3.46. The Kier molecular flexibility index (Phi) is 4.30. The van der Waals surface area contributed by atoms with E-state index in [1.165, 1.54) is 23.2 Å². The molecule has 1 atom stereocenters. The molecule has 110 valence electrons. The maximum absolute atomic E-state index is 13.9. The third kappa shape index (κ3) is 2.98. The van der Waals surface area contributed by atoms with E-state index in [4.69, 9.17) is 0 Å². The van der Waals surface area contributed by atoms with Crippen LogP contribution in [-0.2, 0) is 13.0 Å². The van der Waals surface area contributed by atoms with Crippen molar-refractivity contribution in [1.82, 2.24) is 10.3 Å². The van der Waals surface area contributed by atoms with Crippen molar-refractivity contribution in [1.29, 1.82) is 0 Å². The fourth-order valence-corrected chi connectivity index (χ4v) is 3.14. The van der Waals surface area contributed by atoms with Gasteiger partial charge in [-0.25, -0.2) is 4.39 Å². The van der Waals surface area contributed by atoms with Gasteiger partial charge in [0.15, 0.2) is 0 Å². The van der Waals surface area contributed by atoms with Crippen LogP contribution in [0.5, 0.6) is 0 Å². The molecule has 0 bridgehead atoms. The van der Waals surface area contributed by atoms with Gasteiger partial charge >= 0.3 is 0 Å². The van der Waals surface area contributed by atoms with E-state index in [9.17, 15) is 4.39 Å². The SMILES string of the molecule is CCNCc1cc(C2CCCc3cccnc32)ccc1F. The van der Waals surface area contributed by atoms with Crippen LogP contribution in [0.3, 0.4) is 0 Å². The molecule has 0 spiro atoms. The molecular weight excluding hydrogens is 263 g/mol. The Morgan fingerprint density at radius 2 is 2.24 bits per heavy atom. The van der Waals surface area contributed by atoms with Gasteiger partial charge < -0.3 is 5.32 Å². The number of hydrogen-bond donors (Lipinski definition) is 1. The molecule has 1 unspecified atom stereocenters. The van der Waals surface area contributed by atoms with E-state index < -0.39 is 0 Å². The molecule has 21 heavy (non-hydrogen) atoms. The maximum atomic E-state index is 13.9. The Balaban J connectivity index is 1.94. The summed E-state index contributed by atoms with van der Waals surface area (Å²) in [5.74, 6) is 0.174. The maximum Gasteiger partial charge on any atom is 0.127 e. The predicted octanol–water partition coefficient (Wildman–Crippen LogP) is 3.80. The minimum Gasteiger partial charge on any atom is -0.313 e. The van der Waals surface area contributed by atoms with Gasteiger partial charge in [-0.3, -0.25) is 4.98 Å². The number of pyridine rings is 1. The van der Waals surface area contributed by atoms with Crippen LogP contribution in [0, 0.1) is 5.82 Å². The van der Waals surface area contributed by atoms with Gasteiger partial charge in [-0.2, -0.15) is 0 Å². The third-order valence-corrected chi connectivity index (χ3v) is 4.23. The highest BCUT2D eigenvalue weighted by Gasteiger charge is 2.23. The number of nitrogens with zero attached hydrogens (tertiary/aromatic N) is 1. The molecule has 0 radical (unpaired) electrons. The lowest BCUT2D eigenvalue weighted by molar-refractivity contribution is 0.579.